The number of carbonyl (C=O) groups is 1. The number of thioether (sulfide) groups is 1. The van der Waals surface area contributed by atoms with Crippen LogP contribution in [0.1, 0.15) is 6.92 Å². The Morgan fingerprint density at radius 3 is 2.44 bits per heavy atom. The van der Waals surface area contributed by atoms with Crippen LogP contribution in [-0.2, 0) is 14.3 Å². The van der Waals surface area contributed by atoms with Crippen molar-refractivity contribution in [2.45, 2.75) is 13.2 Å². The normalized spacial score (nSPS) is 13.2. The third-order valence-electron chi connectivity index (χ3n) is 2.02. The second-order valence-electron chi connectivity index (χ2n) is 2.98. The van der Waals surface area contributed by atoms with Crippen molar-refractivity contribution in [2.75, 3.05) is 27.5 Å². The first-order chi connectivity index (χ1) is 7.47. The lowest BCUT2D eigenvalue weighted by molar-refractivity contribution is -0.136. The maximum atomic E-state index is 11.1. The minimum atomic E-state index is -0.537. The summed E-state index contributed by atoms with van der Waals surface area (Å²) in [7, 11) is 4.73. The van der Waals surface area contributed by atoms with Crippen LogP contribution in [0.5, 0.6) is 0 Å². The van der Waals surface area contributed by atoms with E-state index in [1.807, 2.05) is 20.2 Å². The predicted molar refractivity (Wildman–Crippen MR) is 66.3 cm³/mol. The molecule has 0 rings (SSSR count). The highest BCUT2D eigenvalue weighted by molar-refractivity contribution is 8.13. The predicted octanol–water partition coefficient (Wildman–Crippen LogP) is 1.32. The van der Waals surface area contributed by atoms with Crippen LogP contribution in [0.3, 0.4) is 0 Å². The summed E-state index contributed by atoms with van der Waals surface area (Å²) in [6, 6.07) is 0. The van der Waals surface area contributed by atoms with Gasteiger partial charge in [0.2, 0.25) is 0 Å². The molecule has 1 atom stereocenters. The maximum absolute atomic E-state index is 11.1. The SMILES string of the molecule is C=C(/N=C(/SC)N(C)C(C)OC)C(=O)OC. The smallest absolute Gasteiger partial charge is 0.356 e. The van der Waals surface area contributed by atoms with Crippen molar-refractivity contribution in [3.63, 3.8) is 0 Å². The van der Waals surface area contributed by atoms with E-state index in [0.717, 1.165) is 0 Å². The van der Waals surface area contributed by atoms with E-state index >= 15 is 0 Å². The molecule has 0 aliphatic heterocycles. The van der Waals surface area contributed by atoms with Gasteiger partial charge in [-0.1, -0.05) is 18.3 Å². The number of carbonyl (C=O) groups excluding carboxylic acids is 1. The van der Waals surface area contributed by atoms with Crippen LogP contribution in [0, 0.1) is 0 Å². The van der Waals surface area contributed by atoms with Gasteiger partial charge in [-0.2, -0.15) is 0 Å². The van der Waals surface area contributed by atoms with E-state index in [1.165, 1.54) is 18.9 Å². The lowest BCUT2D eigenvalue weighted by atomic mass is 10.5. The van der Waals surface area contributed by atoms with Gasteiger partial charge in [-0.15, -0.1) is 0 Å². The van der Waals surface area contributed by atoms with Crippen LogP contribution >= 0.6 is 11.8 Å². The lowest BCUT2D eigenvalue weighted by Crippen LogP contribution is -2.34. The zero-order valence-electron chi connectivity index (χ0n) is 10.3. The molecule has 1 unspecified atom stereocenters. The Bertz CT molecular complexity index is 292. The molecule has 0 amide bonds. The Labute approximate surface area is 101 Å². The average molecular weight is 246 g/mol. The van der Waals surface area contributed by atoms with Crippen LogP contribution < -0.4 is 0 Å². The lowest BCUT2D eigenvalue weighted by Gasteiger charge is -2.25. The van der Waals surface area contributed by atoms with Gasteiger partial charge in [0.25, 0.3) is 0 Å². The second-order valence-corrected chi connectivity index (χ2v) is 3.76. The van der Waals surface area contributed by atoms with Crippen LogP contribution in [0.2, 0.25) is 0 Å². The molecule has 0 fully saturated rings. The van der Waals surface area contributed by atoms with E-state index in [9.17, 15) is 4.79 Å². The van der Waals surface area contributed by atoms with Crippen LogP contribution in [0.4, 0.5) is 0 Å². The number of hydrogen-bond acceptors (Lipinski definition) is 5. The molecule has 0 aliphatic rings. The van der Waals surface area contributed by atoms with Gasteiger partial charge in [0.05, 0.1) is 7.11 Å². The standard InChI is InChI=1S/C10H18N2O3S/c1-7(9(13)15-5)11-10(16-6)12(3)8(2)14-4/h8H,1H2,2-6H3/b11-10+. The van der Waals surface area contributed by atoms with E-state index in [0.29, 0.717) is 5.17 Å². The fraction of sp³-hybridized carbons (Fsp3) is 0.600. The van der Waals surface area contributed by atoms with E-state index in [1.54, 1.807) is 12.0 Å². The zero-order chi connectivity index (χ0) is 12.7. The van der Waals surface area contributed by atoms with Crippen molar-refractivity contribution in [2.24, 2.45) is 4.99 Å². The van der Waals surface area contributed by atoms with E-state index < -0.39 is 5.97 Å². The highest BCUT2D eigenvalue weighted by Crippen LogP contribution is 2.11. The van der Waals surface area contributed by atoms with Gasteiger partial charge in [-0.25, -0.2) is 9.79 Å². The van der Waals surface area contributed by atoms with E-state index in [4.69, 9.17) is 4.74 Å². The summed E-state index contributed by atoms with van der Waals surface area (Å²) in [4.78, 5) is 17.0. The second kappa shape index (κ2) is 7.29. The molecule has 0 aromatic rings. The molecule has 5 nitrogen and oxygen atoms in total. The summed E-state index contributed by atoms with van der Waals surface area (Å²) in [5.74, 6) is -0.537. The molecule has 0 aliphatic carbocycles. The monoisotopic (exact) mass is 246 g/mol. The molecule has 0 radical (unpaired) electrons. The van der Waals surface area contributed by atoms with Gasteiger partial charge < -0.3 is 14.4 Å². The number of hydrogen-bond donors (Lipinski definition) is 0. The maximum Gasteiger partial charge on any atom is 0.356 e. The first-order valence-electron chi connectivity index (χ1n) is 4.63. The van der Waals surface area contributed by atoms with Crippen LogP contribution in [-0.4, -0.2) is 49.8 Å². The highest BCUT2D eigenvalue weighted by Gasteiger charge is 2.14. The van der Waals surface area contributed by atoms with Gasteiger partial charge in [-0.05, 0) is 13.2 Å². The van der Waals surface area contributed by atoms with E-state index in [2.05, 4.69) is 16.3 Å². The first kappa shape index (κ1) is 15.0. The van der Waals surface area contributed by atoms with Gasteiger partial charge >= 0.3 is 5.97 Å². The molecule has 0 aromatic heterocycles. The van der Waals surface area contributed by atoms with E-state index in [-0.39, 0.29) is 11.9 Å². The minimum absolute atomic E-state index is 0.0713. The zero-order valence-corrected chi connectivity index (χ0v) is 11.1. The average Bonchev–Trinajstić information content (AvgIpc) is 2.32. The van der Waals surface area contributed by atoms with Crippen molar-refractivity contribution in [1.82, 2.24) is 4.90 Å². The third kappa shape index (κ3) is 4.24. The van der Waals surface area contributed by atoms with Gasteiger partial charge in [0, 0.05) is 14.2 Å². The Kier molecular flexibility index (Phi) is 6.83. The van der Waals surface area contributed by atoms with Gasteiger partial charge in [0.1, 0.15) is 11.9 Å². The van der Waals surface area contributed by atoms with Crippen molar-refractivity contribution in [3.05, 3.63) is 12.3 Å². The van der Waals surface area contributed by atoms with Crippen LogP contribution in [0.15, 0.2) is 17.3 Å². The summed E-state index contributed by atoms with van der Waals surface area (Å²) in [5, 5.41) is 0.643. The molecule has 0 bridgehead atoms. The molecular weight excluding hydrogens is 228 g/mol. The molecule has 16 heavy (non-hydrogen) atoms. The quantitative estimate of drug-likeness (QED) is 0.246. The Hall–Kier alpha value is -1.01. The highest BCUT2D eigenvalue weighted by atomic mass is 32.2. The van der Waals surface area contributed by atoms with Crippen molar-refractivity contribution in [3.8, 4) is 0 Å². The fourth-order valence-corrected chi connectivity index (χ4v) is 1.50. The summed E-state index contributed by atoms with van der Waals surface area (Å²) in [6.45, 7) is 5.42. The molecule has 0 aromatic carbocycles. The number of nitrogens with zero attached hydrogens (tertiary/aromatic N) is 2. The number of esters is 1. The molecule has 0 spiro atoms. The molecule has 0 saturated carbocycles. The summed E-state index contributed by atoms with van der Waals surface area (Å²) in [5.41, 5.74) is 0.0713. The molecular formula is C10H18N2O3S. The largest absolute Gasteiger partial charge is 0.464 e. The number of rotatable bonds is 4. The minimum Gasteiger partial charge on any atom is -0.464 e. The molecule has 92 valence electrons. The summed E-state index contributed by atoms with van der Waals surface area (Å²) in [6.07, 6.45) is 1.74. The summed E-state index contributed by atoms with van der Waals surface area (Å²) < 4.78 is 9.67. The number of aliphatic imine (C=N–C) groups is 1. The van der Waals surface area contributed by atoms with Crippen molar-refractivity contribution < 1.29 is 14.3 Å². The molecule has 0 heterocycles. The Morgan fingerprint density at radius 2 is 2.06 bits per heavy atom. The van der Waals surface area contributed by atoms with Crippen molar-refractivity contribution in [1.29, 1.82) is 0 Å². The van der Waals surface area contributed by atoms with Gasteiger partial charge in [-0.3, -0.25) is 0 Å². The first-order valence-corrected chi connectivity index (χ1v) is 5.85. The molecule has 0 N–H and O–H groups in total. The molecule has 0 saturated heterocycles. The molecule has 6 heteroatoms. The number of amidine groups is 1. The van der Waals surface area contributed by atoms with Crippen molar-refractivity contribution >= 4 is 22.9 Å². The topological polar surface area (TPSA) is 51.1 Å². The number of ether oxygens (including phenoxy) is 2. The fourth-order valence-electron chi connectivity index (χ4n) is 0.861. The number of methoxy groups -OCH3 is 2. The van der Waals surface area contributed by atoms with Crippen LogP contribution in [0.25, 0.3) is 0 Å². The van der Waals surface area contributed by atoms with Gasteiger partial charge in [0.15, 0.2) is 5.17 Å². The third-order valence-corrected chi connectivity index (χ3v) is 2.77. The Morgan fingerprint density at radius 1 is 1.50 bits per heavy atom. The summed E-state index contributed by atoms with van der Waals surface area (Å²) >= 11 is 1.41. The Balaban J connectivity index is 4.78.